The van der Waals surface area contributed by atoms with Gasteiger partial charge in [0.1, 0.15) is 5.01 Å². The van der Waals surface area contributed by atoms with E-state index in [9.17, 15) is 0 Å². The van der Waals surface area contributed by atoms with Gasteiger partial charge in [0.05, 0.1) is 10.2 Å². The normalized spacial score (nSPS) is 15.0. The summed E-state index contributed by atoms with van der Waals surface area (Å²) in [7, 11) is 0. The highest BCUT2D eigenvalue weighted by Crippen LogP contribution is 2.21. The maximum absolute atomic E-state index is 4.61. The number of benzene rings is 1. The van der Waals surface area contributed by atoms with Gasteiger partial charge in [-0.25, -0.2) is 4.98 Å². The average Bonchev–Trinajstić information content (AvgIpc) is 2.68. The molecule has 1 N–H and O–H groups in total. The standard InChI is InChI=1S/C13H17BrN2S/c1-9(14)7-10(2)15-8-13-16-11-5-3-4-6-12(11)17-13/h3-6,9-10,15H,7-8H2,1-2H3. The Balaban J connectivity index is 1.95. The summed E-state index contributed by atoms with van der Waals surface area (Å²) in [5.41, 5.74) is 1.11. The molecule has 0 radical (unpaired) electrons. The lowest BCUT2D eigenvalue weighted by atomic mass is 10.2. The van der Waals surface area contributed by atoms with Gasteiger partial charge < -0.3 is 5.32 Å². The number of nitrogens with zero attached hydrogens (tertiary/aromatic N) is 1. The second-order valence-corrected chi connectivity index (χ2v) is 7.05. The summed E-state index contributed by atoms with van der Waals surface area (Å²) < 4.78 is 1.27. The predicted octanol–water partition coefficient (Wildman–Crippen LogP) is 3.95. The molecule has 2 aromatic rings. The molecule has 0 spiro atoms. The van der Waals surface area contributed by atoms with E-state index in [1.165, 1.54) is 9.71 Å². The first-order valence-corrected chi connectivity index (χ1v) is 7.60. The third kappa shape index (κ3) is 3.76. The number of hydrogen-bond donors (Lipinski definition) is 1. The zero-order chi connectivity index (χ0) is 12.3. The van der Waals surface area contributed by atoms with Gasteiger partial charge in [0, 0.05) is 17.4 Å². The molecule has 92 valence electrons. The van der Waals surface area contributed by atoms with Gasteiger partial charge in [-0.05, 0) is 25.5 Å². The number of nitrogens with one attached hydrogen (secondary N) is 1. The van der Waals surface area contributed by atoms with Crippen molar-refractivity contribution in [2.45, 2.75) is 37.7 Å². The van der Waals surface area contributed by atoms with E-state index in [0.717, 1.165) is 18.5 Å². The molecule has 0 saturated carbocycles. The lowest BCUT2D eigenvalue weighted by Gasteiger charge is -2.13. The van der Waals surface area contributed by atoms with Crippen LogP contribution in [-0.4, -0.2) is 15.9 Å². The third-order valence-corrected chi connectivity index (χ3v) is 4.03. The minimum atomic E-state index is 0.511. The monoisotopic (exact) mass is 312 g/mol. The average molecular weight is 313 g/mol. The lowest BCUT2D eigenvalue weighted by Crippen LogP contribution is -2.27. The van der Waals surface area contributed by atoms with Gasteiger partial charge in [0.25, 0.3) is 0 Å². The zero-order valence-electron chi connectivity index (χ0n) is 10.1. The maximum Gasteiger partial charge on any atom is 0.108 e. The van der Waals surface area contributed by atoms with Crippen molar-refractivity contribution in [2.75, 3.05) is 0 Å². The van der Waals surface area contributed by atoms with Crippen LogP contribution >= 0.6 is 27.3 Å². The molecular weight excluding hydrogens is 296 g/mol. The third-order valence-electron chi connectivity index (χ3n) is 2.62. The first-order valence-electron chi connectivity index (χ1n) is 5.87. The van der Waals surface area contributed by atoms with Crippen molar-refractivity contribution in [2.24, 2.45) is 0 Å². The summed E-state index contributed by atoms with van der Waals surface area (Å²) in [6.07, 6.45) is 1.13. The second-order valence-electron chi connectivity index (χ2n) is 4.37. The number of thiazole rings is 1. The first-order chi connectivity index (χ1) is 8.15. The summed E-state index contributed by atoms with van der Waals surface area (Å²) in [5, 5.41) is 4.68. The minimum absolute atomic E-state index is 0.511. The molecule has 4 heteroatoms. The van der Waals surface area contributed by atoms with Crippen LogP contribution in [-0.2, 0) is 6.54 Å². The van der Waals surface area contributed by atoms with Crippen molar-refractivity contribution in [3.05, 3.63) is 29.3 Å². The van der Waals surface area contributed by atoms with E-state index in [1.807, 2.05) is 6.07 Å². The van der Waals surface area contributed by atoms with Crippen molar-refractivity contribution in [1.29, 1.82) is 0 Å². The Hall–Kier alpha value is -0.450. The number of rotatable bonds is 5. The summed E-state index contributed by atoms with van der Waals surface area (Å²) in [4.78, 5) is 5.16. The summed E-state index contributed by atoms with van der Waals surface area (Å²) in [6.45, 7) is 5.25. The van der Waals surface area contributed by atoms with Crippen molar-refractivity contribution in [3.8, 4) is 0 Å². The number of alkyl halides is 1. The van der Waals surface area contributed by atoms with Gasteiger partial charge in [-0.2, -0.15) is 0 Å². The number of hydrogen-bond acceptors (Lipinski definition) is 3. The maximum atomic E-state index is 4.61. The van der Waals surface area contributed by atoms with Gasteiger partial charge in [-0.3, -0.25) is 0 Å². The van der Waals surface area contributed by atoms with E-state index >= 15 is 0 Å². The van der Waals surface area contributed by atoms with E-state index in [-0.39, 0.29) is 0 Å². The Kier molecular flexibility index (Phi) is 4.54. The molecule has 0 amide bonds. The van der Waals surface area contributed by atoms with Crippen LogP contribution in [0.15, 0.2) is 24.3 Å². The van der Waals surface area contributed by atoms with Crippen LogP contribution in [0.25, 0.3) is 10.2 Å². The van der Waals surface area contributed by atoms with Crippen LogP contribution in [0.3, 0.4) is 0 Å². The van der Waals surface area contributed by atoms with Gasteiger partial charge in [-0.1, -0.05) is 35.0 Å². The van der Waals surface area contributed by atoms with Gasteiger partial charge in [-0.15, -0.1) is 11.3 Å². The van der Waals surface area contributed by atoms with Crippen LogP contribution in [0.2, 0.25) is 0 Å². The Labute approximate surface area is 115 Å². The van der Waals surface area contributed by atoms with E-state index in [0.29, 0.717) is 10.9 Å². The van der Waals surface area contributed by atoms with Crippen molar-refractivity contribution >= 4 is 37.5 Å². The SMILES string of the molecule is CC(Br)CC(C)NCc1nc2ccccc2s1. The van der Waals surface area contributed by atoms with Gasteiger partial charge >= 0.3 is 0 Å². The summed E-state index contributed by atoms with van der Waals surface area (Å²) in [6, 6.07) is 8.80. The fourth-order valence-corrected chi connectivity index (χ4v) is 3.31. The molecule has 17 heavy (non-hydrogen) atoms. The summed E-state index contributed by atoms with van der Waals surface area (Å²) >= 11 is 5.35. The molecule has 0 fully saturated rings. The van der Waals surface area contributed by atoms with Crippen LogP contribution < -0.4 is 5.32 Å². The lowest BCUT2D eigenvalue weighted by molar-refractivity contribution is 0.515. The highest BCUT2D eigenvalue weighted by molar-refractivity contribution is 9.09. The fourth-order valence-electron chi connectivity index (χ4n) is 1.83. The molecule has 2 rings (SSSR count). The highest BCUT2D eigenvalue weighted by Gasteiger charge is 2.07. The van der Waals surface area contributed by atoms with Gasteiger partial charge in [0.2, 0.25) is 0 Å². The zero-order valence-corrected chi connectivity index (χ0v) is 12.5. The van der Waals surface area contributed by atoms with Crippen molar-refractivity contribution < 1.29 is 0 Å². The minimum Gasteiger partial charge on any atom is -0.308 e. The van der Waals surface area contributed by atoms with E-state index in [2.05, 4.69) is 58.3 Å². The van der Waals surface area contributed by atoms with E-state index in [1.54, 1.807) is 11.3 Å². The number of halogens is 1. The fraction of sp³-hybridized carbons (Fsp3) is 0.462. The highest BCUT2D eigenvalue weighted by atomic mass is 79.9. The molecule has 0 aliphatic rings. The number of para-hydroxylation sites is 1. The van der Waals surface area contributed by atoms with Crippen LogP contribution in [0.4, 0.5) is 0 Å². The van der Waals surface area contributed by atoms with Crippen molar-refractivity contribution in [3.63, 3.8) is 0 Å². The molecule has 1 heterocycles. The van der Waals surface area contributed by atoms with E-state index < -0.39 is 0 Å². The number of fused-ring (bicyclic) bond motifs is 1. The Morgan fingerprint density at radius 1 is 1.35 bits per heavy atom. The van der Waals surface area contributed by atoms with E-state index in [4.69, 9.17) is 0 Å². The van der Waals surface area contributed by atoms with Crippen molar-refractivity contribution in [1.82, 2.24) is 10.3 Å². The molecule has 2 nitrogen and oxygen atoms in total. The topological polar surface area (TPSA) is 24.9 Å². The molecule has 1 aromatic carbocycles. The molecule has 1 aromatic heterocycles. The van der Waals surface area contributed by atoms with Crippen LogP contribution in [0.1, 0.15) is 25.3 Å². The molecule has 2 unspecified atom stereocenters. The largest absolute Gasteiger partial charge is 0.308 e. The Morgan fingerprint density at radius 2 is 2.12 bits per heavy atom. The molecule has 0 aliphatic heterocycles. The molecule has 0 saturated heterocycles. The molecule has 0 bridgehead atoms. The predicted molar refractivity (Wildman–Crippen MR) is 78.9 cm³/mol. The Morgan fingerprint density at radius 3 is 2.82 bits per heavy atom. The number of aromatic nitrogens is 1. The smallest absolute Gasteiger partial charge is 0.108 e. The Bertz CT molecular complexity index is 448. The second kappa shape index (κ2) is 5.94. The van der Waals surface area contributed by atoms with Gasteiger partial charge in [0.15, 0.2) is 0 Å². The first kappa shape index (κ1) is 13.0. The van der Waals surface area contributed by atoms with Crippen LogP contribution in [0.5, 0.6) is 0 Å². The van der Waals surface area contributed by atoms with Crippen LogP contribution in [0, 0.1) is 0 Å². The molecule has 0 aliphatic carbocycles. The quantitative estimate of drug-likeness (QED) is 0.846. The summed E-state index contributed by atoms with van der Waals surface area (Å²) in [5.74, 6) is 0. The molecule has 2 atom stereocenters. The molecular formula is C13H17BrN2S.